The van der Waals surface area contributed by atoms with Crippen LogP contribution in [-0.4, -0.2) is 37.2 Å². The van der Waals surface area contributed by atoms with Crippen molar-refractivity contribution in [3.05, 3.63) is 182 Å². The van der Waals surface area contributed by atoms with Gasteiger partial charge in [-0.3, -0.25) is 14.4 Å². The van der Waals surface area contributed by atoms with Crippen molar-refractivity contribution >= 4 is 17.9 Å². The normalized spacial score (nSPS) is 13.3. The lowest BCUT2D eigenvalue weighted by Gasteiger charge is -2.18. The number of allylic oxidation sites excluding steroid dienone is 30. The molecule has 0 heterocycles. The fourth-order valence-electron chi connectivity index (χ4n) is 8.52. The number of hydrogen-bond acceptors (Lipinski definition) is 6. The van der Waals surface area contributed by atoms with Crippen molar-refractivity contribution in [1.29, 1.82) is 0 Å². The second-order valence-corrected chi connectivity index (χ2v) is 21.2. The molecular formula is C77H120O6. The molecule has 0 N–H and O–H groups in total. The molecule has 0 rings (SSSR count). The molecule has 0 amide bonds. The van der Waals surface area contributed by atoms with E-state index in [4.69, 9.17) is 14.2 Å². The highest BCUT2D eigenvalue weighted by Crippen LogP contribution is 2.14. The van der Waals surface area contributed by atoms with Gasteiger partial charge in [0.2, 0.25) is 0 Å². The first-order valence-corrected chi connectivity index (χ1v) is 33.3. The molecule has 6 heteroatoms. The molecule has 0 spiro atoms. The standard InChI is InChI=1S/C77H120O6/c1-4-7-10-13-16-19-22-25-28-31-33-35-37-38-40-41-43-46-49-52-55-58-61-64-67-70-76(79)82-73-74(72-81-75(78)69-66-63-60-57-54-51-48-45-30-27-24-21-18-15-12-9-6-3)83-77(80)71-68-65-62-59-56-53-50-47-44-42-39-36-34-32-29-26-23-20-17-14-11-8-5-2/h7-12,16-21,25-30,33-36,38,40,42-44,46,52,55,74H,4-6,13-15,22-24,31-32,37,39,41,45,47-51,53-54,56-73H2,1-3H3/b10-7-,11-8-,12-9-,19-16-,20-17-,21-18-,28-25-,29-26-,30-27-,35-33-,36-34-,40-38-,44-42-,46-43-,55-52-. The Morgan fingerprint density at radius 2 is 0.434 bits per heavy atom. The Morgan fingerprint density at radius 1 is 0.241 bits per heavy atom. The third kappa shape index (κ3) is 67.2. The van der Waals surface area contributed by atoms with E-state index in [1.165, 1.54) is 44.9 Å². The smallest absolute Gasteiger partial charge is 0.306 e. The van der Waals surface area contributed by atoms with E-state index in [1.54, 1.807) is 0 Å². The molecule has 0 aromatic heterocycles. The molecule has 0 aliphatic rings. The van der Waals surface area contributed by atoms with Crippen LogP contribution in [0.3, 0.4) is 0 Å². The highest BCUT2D eigenvalue weighted by atomic mass is 16.6. The van der Waals surface area contributed by atoms with E-state index in [9.17, 15) is 14.4 Å². The monoisotopic (exact) mass is 1140 g/mol. The molecule has 0 aliphatic heterocycles. The van der Waals surface area contributed by atoms with Gasteiger partial charge < -0.3 is 14.2 Å². The van der Waals surface area contributed by atoms with Crippen LogP contribution in [-0.2, 0) is 28.6 Å². The average molecular weight is 1140 g/mol. The molecule has 0 bridgehead atoms. The summed E-state index contributed by atoms with van der Waals surface area (Å²) >= 11 is 0. The molecule has 0 radical (unpaired) electrons. The number of carbonyl (C=O) groups is 3. The fourth-order valence-corrected chi connectivity index (χ4v) is 8.52. The van der Waals surface area contributed by atoms with Gasteiger partial charge >= 0.3 is 17.9 Å². The van der Waals surface area contributed by atoms with E-state index >= 15 is 0 Å². The van der Waals surface area contributed by atoms with E-state index in [0.717, 1.165) is 180 Å². The number of unbranched alkanes of at least 4 members (excludes halogenated alkanes) is 17. The summed E-state index contributed by atoms with van der Waals surface area (Å²) in [5.74, 6) is -0.966. The highest BCUT2D eigenvalue weighted by Gasteiger charge is 2.19. The van der Waals surface area contributed by atoms with Gasteiger partial charge in [-0.1, -0.05) is 274 Å². The van der Waals surface area contributed by atoms with Gasteiger partial charge in [0, 0.05) is 19.3 Å². The van der Waals surface area contributed by atoms with Crippen LogP contribution in [0.5, 0.6) is 0 Å². The Kier molecular flexibility index (Phi) is 64.4. The molecule has 6 nitrogen and oxygen atoms in total. The molecule has 0 saturated carbocycles. The van der Waals surface area contributed by atoms with Crippen molar-refractivity contribution in [1.82, 2.24) is 0 Å². The van der Waals surface area contributed by atoms with Crippen LogP contribution in [0.25, 0.3) is 0 Å². The molecule has 0 fully saturated rings. The molecular weight excluding hydrogens is 1020 g/mol. The molecule has 0 aromatic rings. The summed E-state index contributed by atoms with van der Waals surface area (Å²) < 4.78 is 16.9. The summed E-state index contributed by atoms with van der Waals surface area (Å²) in [7, 11) is 0. The van der Waals surface area contributed by atoms with E-state index in [2.05, 4.69) is 203 Å². The second-order valence-electron chi connectivity index (χ2n) is 21.2. The number of ether oxygens (including phenoxy) is 3. The summed E-state index contributed by atoms with van der Waals surface area (Å²) in [5, 5.41) is 0. The average Bonchev–Trinajstić information content (AvgIpc) is 3.49. The van der Waals surface area contributed by atoms with Crippen molar-refractivity contribution in [3.8, 4) is 0 Å². The Morgan fingerprint density at radius 3 is 0.687 bits per heavy atom. The summed E-state index contributed by atoms with van der Waals surface area (Å²) in [4.78, 5) is 38.4. The van der Waals surface area contributed by atoms with Crippen molar-refractivity contribution in [3.63, 3.8) is 0 Å². The minimum atomic E-state index is -0.816. The number of carbonyl (C=O) groups excluding carboxylic acids is 3. The Bertz CT molecular complexity index is 1940. The molecule has 0 aromatic carbocycles. The molecule has 1 atom stereocenters. The lowest BCUT2D eigenvalue weighted by molar-refractivity contribution is -0.167. The van der Waals surface area contributed by atoms with Crippen molar-refractivity contribution in [2.75, 3.05) is 13.2 Å². The van der Waals surface area contributed by atoms with Crippen molar-refractivity contribution in [2.45, 2.75) is 271 Å². The van der Waals surface area contributed by atoms with Crippen LogP contribution in [0.1, 0.15) is 265 Å². The maximum Gasteiger partial charge on any atom is 0.306 e. The van der Waals surface area contributed by atoms with E-state index in [1.807, 2.05) is 0 Å². The van der Waals surface area contributed by atoms with E-state index in [0.29, 0.717) is 19.3 Å². The maximum absolute atomic E-state index is 13.0. The molecule has 0 aliphatic carbocycles. The third-order valence-corrected chi connectivity index (χ3v) is 13.4. The zero-order valence-electron chi connectivity index (χ0n) is 53.1. The van der Waals surface area contributed by atoms with E-state index in [-0.39, 0.29) is 31.1 Å². The zero-order valence-corrected chi connectivity index (χ0v) is 53.1. The van der Waals surface area contributed by atoms with Crippen LogP contribution >= 0.6 is 0 Å². The third-order valence-electron chi connectivity index (χ3n) is 13.4. The molecule has 1 unspecified atom stereocenters. The maximum atomic E-state index is 13.0. The Balaban J connectivity index is 4.53. The SMILES string of the molecule is CC/C=C\C/C=C\C/C=C\C/C=C\C/C=C\C/C=C\C/C=C\CCCCCC(=O)OCC(COC(=O)CCCCCCCCC/C=C\C/C=C\C/C=C\CC)OC(=O)CCCCCCCCC/C=C\C/C=C\C/C=C\C/C=C\C/C=C\CC. The van der Waals surface area contributed by atoms with Gasteiger partial charge in [-0.2, -0.15) is 0 Å². The first kappa shape index (κ1) is 77.5. The predicted molar refractivity (Wildman–Crippen MR) is 361 cm³/mol. The van der Waals surface area contributed by atoms with Gasteiger partial charge in [0.25, 0.3) is 0 Å². The highest BCUT2D eigenvalue weighted by molar-refractivity contribution is 5.71. The lowest BCUT2D eigenvalue weighted by Crippen LogP contribution is -2.30. The van der Waals surface area contributed by atoms with Crippen LogP contribution < -0.4 is 0 Å². The fraction of sp³-hybridized carbons (Fsp3) is 0.571. The van der Waals surface area contributed by atoms with Crippen molar-refractivity contribution in [2.24, 2.45) is 0 Å². The van der Waals surface area contributed by atoms with E-state index < -0.39 is 6.10 Å². The largest absolute Gasteiger partial charge is 0.462 e. The van der Waals surface area contributed by atoms with Gasteiger partial charge in [0.05, 0.1) is 0 Å². The zero-order chi connectivity index (χ0) is 59.9. The van der Waals surface area contributed by atoms with Crippen LogP contribution in [0.15, 0.2) is 182 Å². The number of rotatable bonds is 58. The van der Waals surface area contributed by atoms with Crippen LogP contribution in [0.2, 0.25) is 0 Å². The van der Waals surface area contributed by atoms with Gasteiger partial charge in [0.1, 0.15) is 13.2 Å². The molecule has 83 heavy (non-hydrogen) atoms. The molecule has 464 valence electrons. The van der Waals surface area contributed by atoms with Crippen molar-refractivity contribution < 1.29 is 28.6 Å². The minimum absolute atomic E-state index is 0.108. The Hall–Kier alpha value is -5.49. The Labute approximate surface area is 510 Å². The predicted octanol–water partition coefficient (Wildman–Crippen LogP) is 23.2. The van der Waals surface area contributed by atoms with Gasteiger partial charge in [-0.15, -0.1) is 0 Å². The summed E-state index contributed by atoms with van der Waals surface area (Å²) in [6.07, 6.45) is 103. The first-order chi connectivity index (χ1) is 41.0. The topological polar surface area (TPSA) is 78.9 Å². The summed E-state index contributed by atoms with van der Waals surface area (Å²) in [5.41, 5.74) is 0. The molecule has 0 saturated heterocycles. The number of esters is 3. The first-order valence-electron chi connectivity index (χ1n) is 33.3. The van der Waals surface area contributed by atoms with Crippen LogP contribution in [0.4, 0.5) is 0 Å². The lowest BCUT2D eigenvalue weighted by atomic mass is 10.1. The quantitative estimate of drug-likeness (QED) is 0.0261. The van der Waals surface area contributed by atoms with Gasteiger partial charge in [-0.05, 0) is 154 Å². The summed E-state index contributed by atoms with van der Waals surface area (Å²) in [6, 6.07) is 0. The van der Waals surface area contributed by atoms with Crippen LogP contribution in [0, 0.1) is 0 Å². The number of hydrogen-bond donors (Lipinski definition) is 0. The van der Waals surface area contributed by atoms with Gasteiger partial charge in [-0.25, -0.2) is 0 Å². The second kappa shape index (κ2) is 69.0. The minimum Gasteiger partial charge on any atom is -0.462 e. The summed E-state index contributed by atoms with van der Waals surface area (Å²) in [6.45, 7) is 6.25. The van der Waals surface area contributed by atoms with Gasteiger partial charge in [0.15, 0.2) is 6.10 Å².